The largest absolute Gasteiger partial charge is 0.316 e. The van der Waals surface area contributed by atoms with Crippen molar-refractivity contribution in [3.63, 3.8) is 0 Å². The van der Waals surface area contributed by atoms with Gasteiger partial charge in [0, 0.05) is 12.0 Å². The molecular weight excluding hydrogens is 225 g/mol. The van der Waals surface area contributed by atoms with Crippen molar-refractivity contribution < 1.29 is 4.39 Å². The van der Waals surface area contributed by atoms with Crippen molar-refractivity contribution in [1.82, 2.24) is 5.32 Å². The molecule has 1 nitrogen and oxygen atoms in total. The smallest absolute Gasteiger partial charge is 0.127 e. The third-order valence-corrected chi connectivity index (χ3v) is 4.27. The lowest BCUT2D eigenvalue weighted by Gasteiger charge is -2.48. The minimum Gasteiger partial charge on any atom is -0.316 e. The predicted octanol–water partition coefficient (Wildman–Crippen LogP) is 3.88. The Labute approximate surface area is 110 Å². The van der Waals surface area contributed by atoms with Crippen LogP contribution in [0.5, 0.6) is 0 Å². The lowest BCUT2D eigenvalue weighted by Crippen LogP contribution is -2.49. The van der Waals surface area contributed by atoms with Gasteiger partial charge in [-0.25, -0.2) is 4.39 Å². The summed E-state index contributed by atoms with van der Waals surface area (Å²) in [5.74, 6) is 0.735. The van der Waals surface area contributed by atoms with Crippen molar-refractivity contribution >= 4 is 0 Å². The van der Waals surface area contributed by atoms with Gasteiger partial charge in [-0.1, -0.05) is 38.5 Å². The highest BCUT2D eigenvalue weighted by Gasteiger charge is 2.45. The van der Waals surface area contributed by atoms with Crippen LogP contribution >= 0.6 is 0 Å². The Bertz CT molecular complexity index is 382. The minimum absolute atomic E-state index is 0.0367. The fourth-order valence-electron chi connectivity index (χ4n) is 3.19. The number of benzene rings is 1. The Hall–Kier alpha value is -0.890. The maximum Gasteiger partial charge on any atom is 0.127 e. The van der Waals surface area contributed by atoms with Crippen LogP contribution in [0.1, 0.15) is 45.1 Å². The second-order valence-electron chi connectivity index (χ2n) is 5.62. The van der Waals surface area contributed by atoms with Crippen LogP contribution in [0.15, 0.2) is 24.3 Å². The van der Waals surface area contributed by atoms with Crippen LogP contribution in [-0.4, -0.2) is 13.1 Å². The molecule has 2 rings (SSSR count). The number of nitrogens with one attached hydrogen (secondary N) is 1. The standard InChI is InChI=1S/C16H24FN/c1-3-9-18-12-16(10-13(4-2)11-16)14-7-5-6-8-15(14)17/h5-8,13,18H,3-4,9-12H2,1-2H3. The van der Waals surface area contributed by atoms with Gasteiger partial charge in [0.15, 0.2) is 0 Å². The first-order valence-corrected chi connectivity index (χ1v) is 7.17. The quantitative estimate of drug-likeness (QED) is 0.754. The summed E-state index contributed by atoms with van der Waals surface area (Å²) in [6.45, 7) is 6.33. The van der Waals surface area contributed by atoms with Crippen molar-refractivity contribution in [3.8, 4) is 0 Å². The SMILES string of the molecule is CCCNCC1(c2ccccc2F)CC(CC)C1. The monoisotopic (exact) mass is 249 g/mol. The van der Waals surface area contributed by atoms with Crippen LogP contribution in [0.2, 0.25) is 0 Å². The van der Waals surface area contributed by atoms with Crippen molar-refractivity contribution in [1.29, 1.82) is 0 Å². The molecule has 0 unspecified atom stereocenters. The molecular formula is C16H24FN. The van der Waals surface area contributed by atoms with Gasteiger partial charge in [0.05, 0.1) is 0 Å². The van der Waals surface area contributed by atoms with E-state index in [0.29, 0.717) is 0 Å². The van der Waals surface area contributed by atoms with E-state index < -0.39 is 0 Å². The first kappa shape index (κ1) is 13.5. The van der Waals surface area contributed by atoms with Gasteiger partial charge in [-0.05, 0) is 43.4 Å². The molecule has 18 heavy (non-hydrogen) atoms. The highest BCUT2D eigenvalue weighted by Crippen LogP contribution is 2.49. The summed E-state index contributed by atoms with van der Waals surface area (Å²) in [6, 6.07) is 7.30. The van der Waals surface area contributed by atoms with E-state index in [1.54, 1.807) is 12.1 Å². The van der Waals surface area contributed by atoms with Crippen LogP contribution < -0.4 is 5.32 Å². The van der Waals surface area contributed by atoms with Gasteiger partial charge in [0.2, 0.25) is 0 Å². The van der Waals surface area contributed by atoms with E-state index in [1.165, 1.54) is 6.42 Å². The third-order valence-electron chi connectivity index (χ3n) is 4.27. The van der Waals surface area contributed by atoms with Gasteiger partial charge in [-0.15, -0.1) is 0 Å². The van der Waals surface area contributed by atoms with E-state index in [-0.39, 0.29) is 11.2 Å². The fourth-order valence-corrected chi connectivity index (χ4v) is 3.19. The van der Waals surface area contributed by atoms with Crippen molar-refractivity contribution in [2.45, 2.75) is 44.9 Å². The van der Waals surface area contributed by atoms with E-state index in [2.05, 4.69) is 19.2 Å². The van der Waals surface area contributed by atoms with E-state index >= 15 is 0 Å². The van der Waals surface area contributed by atoms with E-state index in [1.807, 2.05) is 12.1 Å². The number of rotatable bonds is 6. The van der Waals surface area contributed by atoms with Gasteiger partial charge >= 0.3 is 0 Å². The van der Waals surface area contributed by atoms with Crippen LogP contribution in [0.3, 0.4) is 0 Å². The summed E-state index contributed by atoms with van der Waals surface area (Å²) < 4.78 is 14.0. The number of halogens is 1. The lowest BCUT2D eigenvalue weighted by molar-refractivity contribution is 0.130. The van der Waals surface area contributed by atoms with Crippen LogP contribution in [0.25, 0.3) is 0 Å². The van der Waals surface area contributed by atoms with Crippen molar-refractivity contribution in [3.05, 3.63) is 35.6 Å². The molecule has 100 valence electrons. The molecule has 0 amide bonds. The summed E-state index contributed by atoms with van der Waals surface area (Å²) >= 11 is 0. The Morgan fingerprint density at radius 2 is 2.00 bits per heavy atom. The second kappa shape index (κ2) is 5.83. The lowest BCUT2D eigenvalue weighted by atomic mass is 9.57. The molecule has 0 radical (unpaired) electrons. The molecule has 1 aliphatic rings. The predicted molar refractivity (Wildman–Crippen MR) is 74.3 cm³/mol. The van der Waals surface area contributed by atoms with Crippen molar-refractivity contribution in [2.75, 3.05) is 13.1 Å². The van der Waals surface area contributed by atoms with Gasteiger partial charge in [-0.3, -0.25) is 0 Å². The second-order valence-corrected chi connectivity index (χ2v) is 5.62. The van der Waals surface area contributed by atoms with Gasteiger partial charge in [-0.2, -0.15) is 0 Å². The van der Waals surface area contributed by atoms with Crippen LogP contribution in [0, 0.1) is 11.7 Å². The molecule has 1 saturated carbocycles. The highest BCUT2D eigenvalue weighted by atomic mass is 19.1. The minimum atomic E-state index is -0.0367. The molecule has 0 spiro atoms. The Balaban J connectivity index is 2.13. The molecule has 1 aromatic rings. The van der Waals surface area contributed by atoms with Crippen LogP contribution in [-0.2, 0) is 5.41 Å². The molecule has 1 aliphatic carbocycles. The molecule has 0 saturated heterocycles. The summed E-state index contributed by atoms with van der Waals surface area (Å²) in [4.78, 5) is 0. The first-order valence-electron chi connectivity index (χ1n) is 7.17. The number of hydrogen-bond acceptors (Lipinski definition) is 1. The van der Waals surface area contributed by atoms with E-state index in [9.17, 15) is 4.39 Å². The molecule has 0 atom stereocenters. The first-order chi connectivity index (χ1) is 8.72. The normalized spacial score (nSPS) is 26.9. The van der Waals surface area contributed by atoms with E-state index in [0.717, 1.165) is 43.8 Å². The Kier molecular flexibility index (Phi) is 4.39. The topological polar surface area (TPSA) is 12.0 Å². The molecule has 1 fully saturated rings. The maximum absolute atomic E-state index is 14.0. The highest BCUT2D eigenvalue weighted by molar-refractivity contribution is 5.31. The maximum atomic E-state index is 14.0. The Morgan fingerprint density at radius 1 is 1.28 bits per heavy atom. The zero-order chi connectivity index (χ0) is 13.0. The van der Waals surface area contributed by atoms with Gasteiger partial charge < -0.3 is 5.32 Å². The summed E-state index contributed by atoms with van der Waals surface area (Å²) in [6.07, 6.45) is 4.59. The van der Waals surface area contributed by atoms with E-state index in [4.69, 9.17) is 0 Å². The van der Waals surface area contributed by atoms with Crippen LogP contribution in [0.4, 0.5) is 4.39 Å². The average Bonchev–Trinajstić information content (AvgIpc) is 2.33. The van der Waals surface area contributed by atoms with Crippen molar-refractivity contribution in [2.24, 2.45) is 5.92 Å². The third kappa shape index (κ3) is 2.59. The summed E-state index contributed by atoms with van der Waals surface area (Å²) in [7, 11) is 0. The zero-order valence-electron chi connectivity index (χ0n) is 11.5. The van der Waals surface area contributed by atoms with Gasteiger partial charge in [0.1, 0.15) is 5.82 Å². The Morgan fingerprint density at radius 3 is 2.61 bits per heavy atom. The molecule has 2 heteroatoms. The molecule has 1 N–H and O–H groups in total. The molecule has 1 aromatic carbocycles. The number of hydrogen-bond donors (Lipinski definition) is 1. The molecule has 0 heterocycles. The zero-order valence-corrected chi connectivity index (χ0v) is 11.5. The summed E-state index contributed by atoms with van der Waals surface area (Å²) in [5.41, 5.74) is 0.958. The summed E-state index contributed by atoms with van der Waals surface area (Å²) in [5, 5.41) is 3.48. The average molecular weight is 249 g/mol. The molecule has 0 aromatic heterocycles. The van der Waals surface area contributed by atoms with Gasteiger partial charge in [0.25, 0.3) is 0 Å². The molecule has 0 aliphatic heterocycles. The molecule has 0 bridgehead atoms. The fraction of sp³-hybridized carbons (Fsp3) is 0.625.